The molecule has 26 heavy (non-hydrogen) atoms. The average Bonchev–Trinajstić information content (AvgIpc) is 2.59. The molecule has 0 saturated heterocycles. The molecule has 134 valence electrons. The third kappa shape index (κ3) is 5.39. The third-order valence-electron chi connectivity index (χ3n) is 3.53. The van der Waals surface area contributed by atoms with E-state index in [4.69, 9.17) is 10.00 Å². The molecule has 0 aliphatic rings. The van der Waals surface area contributed by atoms with Gasteiger partial charge in [-0.3, -0.25) is 9.78 Å². The van der Waals surface area contributed by atoms with Crippen LogP contribution in [0.5, 0.6) is 0 Å². The molecule has 0 saturated carbocycles. The average molecular weight is 416 g/mol. The fourth-order valence-corrected chi connectivity index (χ4v) is 2.84. The summed E-state index contributed by atoms with van der Waals surface area (Å²) in [5.41, 5.74) is 2.95. The van der Waals surface area contributed by atoms with Crippen molar-refractivity contribution in [2.75, 3.05) is 18.1 Å². The van der Waals surface area contributed by atoms with Crippen LogP contribution in [0.1, 0.15) is 27.9 Å². The van der Waals surface area contributed by atoms with E-state index in [1.807, 2.05) is 38.1 Å². The van der Waals surface area contributed by atoms with Crippen molar-refractivity contribution in [3.63, 3.8) is 0 Å². The van der Waals surface area contributed by atoms with Crippen LogP contribution in [0, 0.1) is 25.2 Å². The smallest absolute Gasteiger partial charge is 0.340 e. The maximum Gasteiger partial charge on any atom is 0.340 e. The Balaban J connectivity index is 2.11. The first-order valence-electron chi connectivity index (χ1n) is 7.94. The van der Waals surface area contributed by atoms with Gasteiger partial charge >= 0.3 is 5.97 Å². The summed E-state index contributed by atoms with van der Waals surface area (Å²) in [7, 11) is 0. The fourth-order valence-electron chi connectivity index (χ4n) is 2.48. The van der Waals surface area contributed by atoms with Crippen molar-refractivity contribution in [1.29, 1.82) is 5.26 Å². The second-order valence-electron chi connectivity index (χ2n) is 5.77. The summed E-state index contributed by atoms with van der Waals surface area (Å²) in [6.45, 7) is 3.69. The molecule has 0 radical (unpaired) electrons. The Morgan fingerprint density at radius 1 is 1.19 bits per heavy atom. The largest absolute Gasteiger partial charge is 0.452 e. The van der Waals surface area contributed by atoms with Crippen molar-refractivity contribution in [3.05, 3.63) is 57.8 Å². The van der Waals surface area contributed by atoms with Crippen LogP contribution < -0.4 is 4.90 Å². The Morgan fingerprint density at radius 3 is 2.50 bits per heavy atom. The second-order valence-corrected chi connectivity index (χ2v) is 6.68. The van der Waals surface area contributed by atoms with Gasteiger partial charge in [-0.25, -0.2) is 4.79 Å². The number of carbonyl (C=O) groups excluding carboxylic acids is 2. The van der Waals surface area contributed by atoms with E-state index >= 15 is 0 Å². The van der Waals surface area contributed by atoms with E-state index in [-0.39, 0.29) is 24.4 Å². The minimum atomic E-state index is -0.632. The highest BCUT2D eigenvalue weighted by Gasteiger charge is 2.19. The summed E-state index contributed by atoms with van der Waals surface area (Å²) in [6.07, 6.45) is 3.10. The highest BCUT2D eigenvalue weighted by molar-refractivity contribution is 9.10. The molecule has 1 aromatic carbocycles. The van der Waals surface area contributed by atoms with Crippen molar-refractivity contribution in [2.45, 2.75) is 20.3 Å². The Labute approximate surface area is 160 Å². The molecule has 7 heteroatoms. The number of ether oxygens (including phenoxy) is 1. The van der Waals surface area contributed by atoms with E-state index in [2.05, 4.69) is 20.9 Å². The number of nitriles is 1. The van der Waals surface area contributed by atoms with E-state index in [1.54, 1.807) is 12.3 Å². The van der Waals surface area contributed by atoms with Gasteiger partial charge in [-0.15, -0.1) is 0 Å². The van der Waals surface area contributed by atoms with Gasteiger partial charge in [0.1, 0.15) is 0 Å². The lowest BCUT2D eigenvalue weighted by molar-refractivity contribution is -0.121. The van der Waals surface area contributed by atoms with Crippen molar-refractivity contribution < 1.29 is 14.3 Å². The van der Waals surface area contributed by atoms with E-state index in [9.17, 15) is 9.59 Å². The molecule has 1 aromatic heterocycles. The van der Waals surface area contributed by atoms with Gasteiger partial charge in [0, 0.05) is 29.1 Å². The lowest BCUT2D eigenvalue weighted by atomic mass is 10.1. The number of benzene rings is 1. The minimum absolute atomic E-state index is 0.183. The van der Waals surface area contributed by atoms with Crippen LogP contribution in [0.2, 0.25) is 0 Å². The fraction of sp³-hybridized carbons (Fsp3) is 0.263. The first kappa shape index (κ1) is 19.6. The molecular formula is C19H18BrN3O3. The van der Waals surface area contributed by atoms with Gasteiger partial charge in [-0.05, 0) is 59.1 Å². The number of nitrogens with zero attached hydrogens (tertiary/aromatic N) is 3. The number of carbonyl (C=O) groups is 2. The summed E-state index contributed by atoms with van der Waals surface area (Å²) in [6, 6.07) is 9.32. The van der Waals surface area contributed by atoms with Gasteiger partial charge in [0.25, 0.3) is 5.91 Å². The molecule has 0 fully saturated rings. The maximum absolute atomic E-state index is 12.6. The summed E-state index contributed by atoms with van der Waals surface area (Å²) in [5, 5.41) is 8.86. The Kier molecular flexibility index (Phi) is 6.87. The second kappa shape index (κ2) is 9.11. The van der Waals surface area contributed by atoms with Crippen molar-refractivity contribution in [2.24, 2.45) is 0 Å². The van der Waals surface area contributed by atoms with Crippen LogP contribution in [0.3, 0.4) is 0 Å². The molecule has 1 amide bonds. The summed E-state index contributed by atoms with van der Waals surface area (Å²) < 4.78 is 5.76. The number of pyridine rings is 1. The normalized spacial score (nSPS) is 10.1. The zero-order valence-corrected chi connectivity index (χ0v) is 16.1. The van der Waals surface area contributed by atoms with Crippen LogP contribution >= 0.6 is 15.9 Å². The third-order valence-corrected chi connectivity index (χ3v) is 3.97. The van der Waals surface area contributed by atoms with E-state index in [0.29, 0.717) is 10.2 Å². The highest BCUT2D eigenvalue weighted by atomic mass is 79.9. The molecule has 0 atom stereocenters. The first-order chi connectivity index (χ1) is 12.4. The number of hydrogen-bond acceptors (Lipinski definition) is 5. The van der Waals surface area contributed by atoms with E-state index in [1.165, 1.54) is 11.1 Å². The topological polar surface area (TPSA) is 83.3 Å². The SMILES string of the molecule is Cc1cc(C)cc(N(CCC#N)C(=O)COC(=O)c2cncc(Br)c2)c1. The number of aryl methyl sites for hydroxylation is 2. The molecule has 0 aliphatic heterocycles. The Morgan fingerprint density at radius 2 is 1.88 bits per heavy atom. The van der Waals surface area contributed by atoms with Crippen LogP contribution in [0.15, 0.2) is 41.1 Å². The predicted molar refractivity (Wildman–Crippen MR) is 101 cm³/mol. The molecule has 2 rings (SSSR count). The van der Waals surface area contributed by atoms with Crippen LogP contribution in [0.4, 0.5) is 5.69 Å². The van der Waals surface area contributed by atoms with Gasteiger partial charge < -0.3 is 9.64 Å². The van der Waals surface area contributed by atoms with Crippen LogP contribution in [-0.2, 0) is 9.53 Å². The molecule has 0 aliphatic carbocycles. The molecule has 0 unspecified atom stereocenters. The first-order valence-corrected chi connectivity index (χ1v) is 8.73. The summed E-state index contributed by atoms with van der Waals surface area (Å²) in [4.78, 5) is 30.0. The lowest BCUT2D eigenvalue weighted by Crippen LogP contribution is -2.35. The summed E-state index contributed by atoms with van der Waals surface area (Å²) in [5.74, 6) is -1.02. The Hall–Kier alpha value is -2.72. The standard InChI is InChI=1S/C19H18BrN3O3/c1-13-6-14(2)8-17(7-13)23(5-3-4-21)18(24)12-26-19(25)15-9-16(20)11-22-10-15/h6-11H,3,5,12H2,1-2H3. The van der Waals surface area contributed by atoms with E-state index in [0.717, 1.165) is 11.1 Å². The molecule has 2 aromatic rings. The maximum atomic E-state index is 12.6. The zero-order chi connectivity index (χ0) is 19.1. The number of esters is 1. The van der Waals surface area contributed by atoms with Gasteiger partial charge in [-0.1, -0.05) is 6.07 Å². The Bertz CT molecular complexity index is 841. The number of hydrogen-bond donors (Lipinski definition) is 0. The number of amides is 1. The number of aromatic nitrogens is 1. The molecule has 1 heterocycles. The quantitative estimate of drug-likeness (QED) is 0.673. The van der Waals surface area contributed by atoms with Crippen molar-refractivity contribution >= 4 is 33.5 Å². The van der Waals surface area contributed by atoms with E-state index < -0.39 is 12.6 Å². The van der Waals surface area contributed by atoms with Gasteiger partial charge in [-0.2, -0.15) is 5.26 Å². The monoisotopic (exact) mass is 415 g/mol. The number of rotatable bonds is 6. The van der Waals surface area contributed by atoms with Gasteiger partial charge in [0.05, 0.1) is 18.1 Å². The van der Waals surface area contributed by atoms with Gasteiger partial charge in [0.15, 0.2) is 6.61 Å². The highest BCUT2D eigenvalue weighted by Crippen LogP contribution is 2.20. The van der Waals surface area contributed by atoms with Crippen molar-refractivity contribution in [3.8, 4) is 6.07 Å². The minimum Gasteiger partial charge on any atom is -0.452 e. The molecule has 6 nitrogen and oxygen atoms in total. The van der Waals surface area contributed by atoms with Gasteiger partial charge in [0.2, 0.25) is 0 Å². The lowest BCUT2D eigenvalue weighted by Gasteiger charge is -2.22. The number of anilines is 1. The molecular weight excluding hydrogens is 398 g/mol. The molecule has 0 bridgehead atoms. The zero-order valence-electron chi connectivity index (χ0n) is 14.5. The summed E-state index contributed by atoms with van der Waals surface area (Å²) >= 11 is 3.23. The predicted octanol–water partition coefficient (Wildman–Crippen LogP) is 3.56. The molecule has 0 spiro atoms. The van der Waals surface area contributed by atoms with Crippen molar-refractivity contribution in [1.82, 2.24) is 4.98 Å². The number of halogens is 1. The van der Waals surface area contributed by atoms with Crippen LogP contribution in [-0.4, -0.2) is 30.0 Å². The molecule has 0 N–H and O–H groups in total. The van der Waals surface area contributed by atoms with Crippen LogP contribution in [0.25, 0.3) is 0 Å².